The van der Waals surface area contributed by atoms with Crippen LogP contribution >= 0.6 is 23.1 Å². The number of carbonyl (C=O) groups excluding carboxylic acids is 1. The molecule has 0 bridgehead atoms. The lowest BCUT2D eigenvalue weighted by Crippen LogP contribution is -2.35. The zero-order chi connectivity index (χ0) is 17.4. The van der Waals surface area contributed by atoms with Crippen molar-refractivity contribution in [1.82, 2.24) is 9.97 Å². The SMILES string of the molecule is CCc1cc2c(S[C@H](C)C(=O)N3CCc4ccccc43)ncnc2s1. The minimum absolute atomic E-state index is 0.146. The van der Waals surface area contributed by atoms with E-state index in [2.05, 4.69) is 29.0 Å². The van der Waals surface area contributed by atoms with E-state index in [9.17, 15) is 4.79 Å². The lowest BCUT2D eigenvalue weighted by molar-refractivity contribution is -0.117. The normalized spacial score (nSPS) is 14.7. The van der Waals surface area contributed by atoms with Gasteiger partial charge in [0.25, 0.3) is 0 Å². The summed E-state index contributed by atoms with van der Waals surface area (Å²) in [6.07, 6.45) is 3.52. The summed E-state index contributed by atoms with van der Waals surface area (Å²) in [7, 11) is 0. The molecule has 3 heterocycles. The number of thioether (sulfide) groups is 1. The van der Waals surface area contributed by atoms with Gasteiger partial charge in [0.2, 0.25) is 5.91 Å². The van der Waals surface area contributed by atoms with Gasteiger partial charge in [-0.2, -0.15) is 0 Å². The number of benzene rings is 1. The van der Waals surface area contributed by atoms with Crippen LogP contribution in [0.15, 0.2) is 41.7 Å². The minimum Gasteiger partial charge on any atom is -0.311 e. The van der Waals surface area contributed by atoms with Crippen LogP contribution < -0.4 is 4.90 Å². The molecule has 128 valence electrons. The zero-order valence-corrected chi connectivity index (χ0v) is 15.9. The molecule has 2 aromatic heterocycles. The number of carbonyl (C=O) groups is 1. The van der Waals surface area contributed by atoms with E-state index in [-0.39, 0.29) is 11.2 Å². The maximum atomic E-state index is 13.0. The molecule has 0 radical (unpaired) electrons. The maximum Gasteiger partial charge on any atom is 0.240 e. The zero-order valence-electron chi connectivity index (χ0n) is 14.2. The minimum atomic E-state index is -0.186. The van der Waals surface area contributed by atoms with Gasteiger partial charge < -0.3 is 4.90 Å². The number of aryl methyl sites for hydroxylation is 1. The first kappa shape index (κ1) is 16.5. The average Bonchev–Trinajstić information content (AvgIpc) is 3.25. The van der Waals surface area contributed by atoms with Crippen LogP contribution in [0.2, 0.25) is 0 Å². The molecule has 25 heavy (non-hydrogen) atoms. The molecule has 1 aliphatic heterocycles. The molecule has 1 amide bonds. The molecule has 6 heteroatoms. The van der Waals surface area contributed by atoms with Crippen LogP contribution in [-0.4, -0.2) is 27.7 Å². The van der Waals surface area contributed by atoms with Crippen molar-refractivity contribution in [2.75, 3.05) is 11.4 Å². The van der Waals surface area contributed by atoms with Gasteiger partial charge in [0.1, 0.15) is 16.2 Å². The largest absolute Gasteiger partial charge is 0.311 e. The number of fused-ring (bicyclic) bond motifs is 2. The molecule has 0 spiro atoms. The Kier molecular flexibility index (Phi) is 4.48. The van der Waals surface area contributed by atoms with Crippen molar-refractivity contribution in [1.29, 1.82) is 0 Å². The molecule has 0 aliphatic carbocycles. The van der Waals surface area contributed by atoms with Crippen molar-refractivity contribution in [3.8, 4) is 0 Å². The van der Waals surface area contributed by atoms with Crippen molar-refractivity contribution in [2.45, 2.75) is 37.0 Å². The topological polar surface area (TPSA) is 46.1 Å². The quantitative estimate of drug-likeness (QED) is 0.507. The van der Waals surface area contributed by atoms with Crippen molar-refractivity contribution in [2.24, 2.45) is 0 Å². The van der Waals surface area contributed by atoms with E-state index in [4.69, 9.17) is 0 Å². The fraction of sp³-hybridized carbons (Fsp3) is 0.316. The number of hydrogen-bond acceptors (Lipinski definition) is 5. The van der Waals surface area contributed by atoms with Gasteiger partial charge in [0.05, 0.1) is 5.25 Å². The molecule has 1 aromatic carbocycles. The molecular formula is C19H19N3OS2. The van der Waals surface area contributed by atoms with Crippen LogP contribution in [0.3, 0.4) is 0 Å². The van der Waals surface area contributed by atoms with Gasteiger partial charge in [-0.25, -0.2) is 9.97 Å². The van der Waals surface area contributed by atoms with Crippen LogP contribution in [0.5, 0.6) is 0 Å². The number of aromatic nitrogens is 2. The number of nitrogens with zero attached hydrogens (tertiary/aromatic N) is 3. The first-order chi connectivity index (χ1) is 12.2. The van der Waals surface area contributed by atoms with Crippen LogP contribution in [-0.2, 0) is 17.6 Å². The molecule has 1 atom stereocenters. The number of anilines is 1. The van der Waals surface area contributed by atoms with E-state index in [0.717, 1.165) is 40.3 Å². The fourth-order valence-corrected chi connectivity index (χ4v) is 5.11. The fourth-order valence-electron chi connectivity index (χ4n) is 3.16. The first-order valence-electron chi connectivity index (χ1n) is 8.46. The predicted octanol–water partition coefficient (Wildman–Crippen LogP) is 4.32. The van der Waals surface area contributed by atoms with Gasteiger partial charge in [-0.05, 0) is 37.5 Å². The van der Waals surface area contributed by atoms with E-state index in [1.165, 1.54) is 22.2 Å². The Morgan fingerprint density at radius 2 is 2.20 bits per heavy atom. The molecule has 0 fully saturated rings. The van der Waals surface area contributed by atoms with E-state index in [0.29, 0.717) is 0 Å². The van der Waals surface area contributed by atoms with Crippen LogP contribution in [0.25, 0.3) is 10.2 Å². The number of thiophene rings is 1. The lowest BCUT2D eigenvalue weighted by atomic mass is 10.2. The predicted molar refractivity (Wildman–Crippen MR) is 105 cm³/mol. The van der Waals surface area contributed by atoms with Crippen molar-refractivity contribution in [3.05, 3.63) is 47.1 Å². The van der Waals surface area contributed by atoms with Gasteiger partial charge in [0.15, 0.2) is 0 Å². The molecule has 0 unspecified atom stereocenters. The Morgan fingerprint density at radius 3 is 3.04 bits per heavy atom. The third-order valence-electron chi connectivity index (χ3n) is 4.48. The van der Waals surface area contributed by atoms with Gasteiger partial charge in [-0.1, -0.05) is 36.9 Å². The molecule has 4 nitrogen and oxygen atoms in total. The third kappa shape index (κ3) is 3.04. The molecule has 0 saturated carbocycles. The molecular weight excluding hydrogens is 350 g/mol. The van der Waals surface area contributed by atoms with Gasteiger partial charge in [0, 0.05) is 22.5 Å². The Balaban J connectivity index is 1.57. The van der Waals surface area contributed by atoms with Crippen LogP contribution in [0.1, 0.15) is 24.3 Å². The monoisotopic (exact) mass is 369 g/mol. The molecule has 3 aromatic rings. The van der Waals surface area contributed by atoms with E-state index < -0.39 is 0 Å². The van der Waals surface area contributed by atoms with E-state index >= 15 is 0 Å². The maximum absolute atomic E-state index is 13.0. The second-order valence-corrected chi connectivity index (χ2v) is 8.54. The third-order valence-corrected chi connectivity index (χ3v) is 6.77. The number of amides is 1. The van der Waals surface area contributed by atoms with Crippen LogP contribution in [0.4, 0.5) is 5.69 Å². The molecule has 4 rings (SSSR count). The second-order valence-electron chi connectivity index (χ2n) is 6.09. The highest BCUT2D eigenvalue weighted by atomic mass is 32.2. The van der Waals surface area contributed by atoms with Crippen LogP contribution in [0, 0.1) is 0 Å². The van der Waals surface area contributed by atoms with Crippen molar-refractivity contribution >= 4 is 44.9 Å². The van der Waals surface area contributed by atoms with E-state index in [1.54, 1.807) is 17.7 Å². The molecule has 0 N–H and O–H groups in total. The van der Waals surface area contributed by atoms with Gasteiger partial charge in [-0.15, -0.1) is 11.3 Å². The van der Waals surface area contributed by atoms with Gasteiger partial charge in [-0.3, -0.25) is 4.79 Å². The lowest BCUT2D eigenvalue weighted by Gasteiger charge is -2.21. The first-order valence-corrected chi connectivity index (χ1v) is 10.2. The summed E-state index contributed by atoms with van der Waals surface area (Å²) in [5, 5.41) is 1.78. The highest BCUT2D eigenvalue weighted by molar-refractivity contribution is 8.00. The smallest absolute Gasteiger partial charge is 0.240 e. The standard InChI is InChI=1S/C19H19N3OS2/c1-3-14-10-15-17(20-11-21-18(15)25-14)24-12(2)19(23)22-9-8-13-6-4-5-7-16(13)22/h4-7,10-12H,3,8-9H2,1-2H3/t12-/m1/s1. The average molecular weight is 370 g/mol. The Labute approximate surface area is 155 Å². The number of rotatable bonds is 4. The van der Waals surface area contributed by atoms with Crippen molar-refractivity contribution in [3.63, 3.8) is 0 Å². The van der Waals surface area contributed by atoms with Crippen molar-refractivity contribution < 1.29 is 4.79 Å². The summed E-state index contributed by atoms with van der Waals surface area (Å²) < 4.78 is 0. The Hall–Kier alpha value is -1.92. The summed E-state index contributed by atoms with van der Waals surface area (Å²) >= 11 is 3.23. The van der Waals surface area contributed by atoms with E-state index in [1.807, 2.05) is 30.0 Å². The van der Waals surface area contributed by atoms with Gasteiger partial charge >= 0.3 is 0 Å². The molecule has 0 saturated heterocycles. The summed E-state index contributed by atoms with van der Waals surface area (Å²) in [6.45, 7) is 4.87. The summed E-state index contributed by atoms with van der Waals surface area (Å²) in [4.78, 5) is 26.0. The number of hydrogen-bond donors (Lipinski definition) is 0. The Bertz CT molecular complexity index is 937. The highest BCUT2D eigenvalue weighted by Crippen LogP contribution is 2.35. The summed E-state index contributed by atoms with van der Waals surface area (Å²) in [6, 6.07) is 10.3. The highest BCUT2D eigenvalue weighted by Gasteiger charge is 2.28. The number of para-hydroxylation sites is 1. The summed E-state index contributed by atoms with van der Waals surface area (Å²) in [5.74, 6) is 0.146. The Morgan fingerprint density at radius 1 is 1.36 bits per heavy atom. The molecule has 1 aliphatic rings. The second kappa shape index (κ2) is 6.77. The summed E-state index contributed by atoms with van der Waals surface area (Å²) in [5.41, 5.74) is 2.31.